The maximum absolute atomic E-state index is 13.2. The van der Waals surface area contributed by atoms with Crippen molar-refractivity contribution in [3.05, 3.63) is 85.9 Å². The first kappa shape index (κ1) is 21.7. The second-order valence-corrected chi connectivity index (χ2v) is 8.97. The van der Waals surface area contributed by atoms with Crippen molar-refractivity contribution in [1.82, 2.24) is 14.1 Å². The van der Waals surface area contributed by atoms with Crippen molar-refractivity contribution in [2.75, 3.05) is 12.4 Å². The molecular weight excluding hydrogens is 446 g/mol. The van der Waals surface area contributed by atoms with Crippen molar-refractivity contribution in [3.63, 3.8) is 0 Å². The van der Waals surface area contributed by atoms with Crippen molar-refractivity contribution in [3.8, 4) is 17.5 Å². The highest BCUT2D eigenvalue weighted by molar-refractivity contribution is 7.16. The molecule has 0 amide bonds. The lowest BCUT2D eigenvalue weighted by molar-refractivity contribution is 0.413. The molecule has 4 aromatic rings. The molecule has 0 aliphatic heterocycles. The number of hydrogen-bond acceptors (Lipinski definition) is 6. The summed E-state index contributed by atoms with van der Waals surface area (Å²) in [4.78, 5) is 18.4. The lowest BCUT2D eigenvalue weighted by Crippen LogP contribution is -2.25. The minimum atomic E-state index is -0.268. The standard InChI is InChI=1S/C23H20ClN5O2S/c1-14-11-28(13-26-14)19-5-4-17(9-20(19)31-3)27-18-8-16(10-25)12-29(23(18)30)15(2)21-6-7-22(24)32-21/h4-9,11-13,15,27H,1-3H3/t15-/m0/s1. The summed E-state index contributed by atoms with van der Waals surface area (Å²) in [6.45, 7) is 3.82. The molecule has 32 heavy (non-hydrogen) atoms. The summed E-state index contributed by atoms with van der Waals surface area (Å²) in [5.41, 5.74) is 2.81. The fraction of sp³-hybridized carbons (Fsp3) is 0.174. The number of halogens is 1. The van der Waals surface area contributed by atoms with Crippen molar-refractivity contribution < 1.29 is 4.74 Å². The molecule has 0 aliphatic rings. The number of ether oxygens (including phenoxy) is 1. The van der Waals surface area contributed by atoms with Gasteiger partial charge in [0.1, 0.15) is 17.5 Å². The van der Waals surface area contributed by atoms with Crippen molar-refractivity contribution in [1.29, 1.82) is 5.26 Å². The SMILES string of the molecule is COc1cc(Nc2cc(C#N)cn([C@@H](C)c3ccc(Cl)s3)c2=O)ccc1-n1cnc(C)c1. The number of pyridine rings is 1. The fourth-order valence-corrected chi connectivity index (χ4v) is 4.52. The highest BCUT2D eigenvalue weighted by Crippen LogP contribution is 2.30. The van der Waals surface area contributed by atoms with E-state index in [2.05, 4.69) is 16.4 Å². The normalized spacial score (nSPS) is 11.7. The van der Waals surface area contributed by atoms with E-state index >= 15 is 0 Å². The first-order chi connectivity index (χ1) is 15.4. The number of aryl methyl sites for hydroxylation is 1. The number of imidazole rings is 1. The van der Waals surface area contributed by atoms with E-state index in [1.807, 2.05) is 42.8 Å². The molecule has 0 spiro atoms. The summed E-state index contributed by atoms with van der Waals surface area (Å²) in [7, 11) is 1.59. The van der Waals surface area contributed by atoms with Gasteiger partial charge in [0.25, 0.3) is 5.56 Å². The predicted molar refractivity (Wildman–Crippen MR) is 127 cm³/mol. The van der Waals surface area contributed by atoms with Gasteiger partial charge in [-0.05, 0) is 44.2 Å². The van der Waals surface area contributed by atoms with Gasteiger partial charge >= 0.3 is 0 Å². The zero-order valence-electron chi connectivity index (χ0n) is 17.7. The average molecular weight is 466 g/mol. The summed E-state index contributed by atoms with van der Waals surface area (Å²) in [6.07, 6.45) is 5.18. The average Bonchev–Trinajstić information content (AvgIpc) is 3.42. The van der Waals surface area contributed by atoms with Gasteiger partial charge in [0.2, 0.25) is 0 Å². The Balaban J connectivity index is 1.71. The fourth-order valence-electron chi connectivity index (χ4n) is 3.41. The summed E-state index contributed by atoms with van der Waals surface area (Å²) in [5.74, 6) is 0.616. The van der Waals surface area contributed by atoms with Crippen LogP contribution in [0.1, 0.15) is 29.1 Å². The van der Waals surface area contributed by atoms with Crippen LogP contribution in [-0.4, -0.2) is 21.2 Å². The van der Waals surface area contributed by atoms with Gasteiger partial charge in [-0.1, -0.05) is 11.6 Å². The minimum Gasteiger partial charge on any atom is -0.494 e. The van der Waals surface area contributed by atoms with Crippen molar-refractivity contribution in [2.24, 2.45) is 0 Å². The van der Waals surface area contributed by atoms with Gasteiger partial charge in [-0.3, -0.25) is 4.79 Å². The lowest BCUT2D eigenvalue weighted by atomic mass is 10.2. The van der Waals surface area contributed by atoms with Crippen LogP contribution >= 0.6 is 22.9 Å². The number of methoxy groups -OCH3 is 1. The first-order valence-corrected chi connectivity index (χ1v) is 11.0. The number of aromatic nitrogens is 3. The number of benzene rings is 1. The third-order valence-corrected chi connectivity index (χ3v) is 6.45. The molecule has 0 fully saturated rings. The van der Waals surface area contributed by atoms with E-state index < -0.39 is 0 Å². The van der Waals surface area contributed by atoms with Crippen LogP contribution < -0.4 is 15.6 Å². The summed E-state index contributed by atoms with van der Waals surface area (Å²) >= 11 is 7.47. The van der Waals surface area contributed by atoms with Crippen molar-refractivity contribution >= 4 is 34.3 Å². The highest BCUT2D eigenvalue weighted by Gasteiger charge is 2.16. The summed E-state index contributed by atoms with van der Waals surface area (Å²) in [6, 6.07) is 12.6. The second-order valence-electron chi connectivity index (χ2n) is 7.22. The van der Waals surface area contributed by atoms with Gasteiger partial charge in [0.05, 0.1) is 40.8 Å². The van der Waals surface area contributed by atoms with E-state index in [0.29, 0.717) is 27.0 Å². The van der Waals surface area contributed by atoms with E-state index in [1.165, 1.54) is 11.3 Å². The molecule has 3 heterocycles. The molecule has 3 aromatic heterocycles. The molecule has 1 aromatic carbocycles. The van der Waals surface area contributed by atoms with E-state index in [0.717, 1.165) is 16.3 Å². The third kappa shape index (κ3) is 4.26. The monoisotopic (exact) mass is 465 g/mol. The van der Waals surface area contributed by atoms with E-state index in [4.69, 9.17) is 16.3 Å². The Morgan fingerprint density at radius 1 is 1.25 bits per heavy atom. The van der Waals surface area contributed by atoms with E-state index in [-0.39, 0.29) is 11.6 Å². The first-order valence-electron chi connectivity index (χ1n) is 9.77. The second kappa shape index (κ2) is 8.91. The topological polar surface area (TPSA) is 84.9 Å². The summed E-state index contributed by atoms with van der Waals surface area (Å²) in [5, 5.41) is 12.7. The van der Waals surface area contributed by atoms with Gasteiger partial charge in [-0.2, -0.15) is 5.26 Å². The molecule has 9 heteroatoms. The maximum Gasteiger partial charge on any atom is 0.274 e. The minimum absolute atomic E-state index is 0.241. The Morgan fingerprint density at radius 2 is 2.06 bits per heavy atom. The van der Waals surface area contributed by atoms with Crippen LogP contribution in [0.5, 0.6) is 5.75 Å². The quantitative estimate of drug-likeness (QED) is 0.418. The van der Waals surface area contributed by atoms with Crippen LogP contribution in [0.3, 0.4) is 0 Å². The van der Waals surface area contributed by atoms with Gasteiger partial charge in [-0.15, -0.1) is 11.3 Å². The number of nitrogens with zero attached hydrogens (tertiary/aromatic N) is 4. The molecule has 0 saturated heterocycles. The number of anilines is 2. The van der Waals surface area contributed by atoms with Crippen LogP contribution in [0.15, 0.2) is 59.9 Å². The smallest absolute Gasteiger partial charge is 0.274 e. The Hall–Kier alpha value is -3.54. The molecule has 4 rings (SSSR count). The highest BCUT2D eigenvalue weighted by atomic mass is 35.5. The Bertz CT molecular complexity index is 1380. The zero-order chi connectivity index (χ0) is 22.8. The van der Waals surface area contributed by atoms with E-state index in [1.54, 1.807) is 42.4 Å². The zero-order valence-corrected chi connectivity index (χ0v) is 19.2. The number of rotatable bonds is 6. The number of thiophene rings is 1. The third-order valence-electron chi connectivity index (χ3n) is 5.04. The van der Waals surface area contributed by atoms with Crippen LogP contribution in [-0.2, 0) is 0 Å². The Morgan fingerprint density at radius 3 is 2.69 bits per heavy atom. The van der Waals surface area contributed by atoms with Crippen LogP contribution in [0.25, 0.3) is 5.69 Å². The molecule has 1 atom stereocenters. The molecule has 1 N–H and O–H groups in total. The van der Waals surface area contributed by atoms with Gasteiger partial charge < -0.3 is 19.2 Å². The van der Waals surface area contributed by atoms with Crippen molar-refractivity contribution in [2.45, 2.75) is 19.9 Å². The number of hydrogen-bond donors (Lipinski definition) is 1. The van der Waals surface area contributed by atoms with Crippen LogP contribution in [0.2, 0.25) is 4.34 Å². The molecule has 0 bridgehead atoms. The molecule has 0 saturated carbocycles. The Kier molecular flexibility index (Phi) is 6.04. The molecule has 0 unspecified atom stereocenters. The largest absolute Gasteiger partial charge is 0.494 e. The molecule has 0 aliphatic carbocycles. The van der Waals surface area contributed by atoms with Gasteiger partial charge in [0.15, 0.2) is 0 Å². The predicted octanol–water partition coefficient (Wildman–Crippen LogP) is 5.29. The van der Waals surface area contributed by atoms with Gasteiger partial charge in [-0.25, -0.2) is 4.98 Å². The maximum atomic E-state index is 13.2. The van der Waals surface area contributed by atoms with E-state index in [9.17, 15) is 10.1 Å². The van der Waals surface area contributed by atoms with Gasteiger partial charge in [0, 0.05) is 29.0 Å². The summed E-state index contributed by atoms with van der Waals surface area (Å²) < 4.78 is 9.61. The Labute approximate surface area is 194 Å². The molecule has 7 nitrogen and oxygen atoms in total. The number of nitriles is 1. The molecular formula is C23H20ClN5O2S. The lowest BCUT2D eigenvalue weighted by Gasteiger charge is -2.17. The van der Waals surface area contributed by atoms with Crippen LogP contribution in [0, 0.1) is 18.3 Å². The van der Waals surface area contributed by atoms with Crippen LogP contribution in [0.4, 0.5) is 11.4 Å². The molecule has 0 radical (unpaired) electrons. The number of nitrogens with one attached hydrogen (secondary N) is 1. The molecule has 162 valence electrons.